The molecule has 0 atom stereocenters. The van der Waals surface area contributed by atoms with Gasteiger partial charge < -0.3 is 9.47 Å². The Morgan fingerprint density at radius 2 is 1.77 bits per heavy atom. The largest absolute Gasteiger partial charge is 0.490 e. The van der Waals surface area contributed by atoms with E-state index in [2.05, 4.69) is 0 Å². The van der Waals surface area contributed by atoms with E-state index in [0.717, 1.165) is 11.1 Å². The van der Waals surface area contributed by atoms with E-state index in [1.807, 2.05) is 43.3 Å². The summed E-state index contributed by atoms with van der Waals surface area (Å²) in [5, 5.41) is 11.0. The number of non-ortho nitro benzene ring substituents is 1. The lowest BCUT2D eigenvalue weighted by Crippen LogP contribution is -2.27. The zero-order valence-electron chi connectivity index (χ0n) is 18.9. The molecule has 0 radical (unpaired) electrons. The van der Waals surface area contributed by atoms with E-state index in [1.165, 1.54) is 23.9 Å². The van der Waals surface area contributed by atoms with Crippen molar-refractivity contribution in [2.24, 2.45) is 0 Å². The molecule has 1 saturated heterocycles. The zero-order chi connectivity index (χ0) is 24.8. The normalized spacial score (nSPS) is 14.4. The first kappa shape index (κ1) is 24.4. The molecule has 0 aliphatic carbocycles. The van der Waals surface area contributed by atoms with Gasteiger partial charge in [-0.25, -0.2) is 0 Å². The monoisotopic (exact) mass is 506 g/mol. The van der Waals surface area contributed by atoms with Crippen molar-refractivity contribution in [2.75, 3.05) is 6.61 Å². The van der Waals surface area contributed by atoms with Gasteiger partial charge >= 0.3 is 0 Å². The van der Waals surface area contributed by atoms with Gasteiger partial charge in [-0.15, -0.1) is 0 Å². The molecular formula is C26H22N2O5S2. The van der Waals surface area contributed by atoms with Gasteiger partial charge in [0, 0.05) is 12.1 Å². The van der Waals surface area contributed by atoms with Crippen LogP contribution in [0.2, 0.25) is 0 Å². The highest BCUT2D eigenvalue weighted by molar-refractivity contribution is 8.26. The highest BCUT2D eigenvalue weighted by atomic mass is 32.2. The minimum atomic E-state index is -0.438. The third-order valence-electron chi connectivity index (χ3n) is 5.14. The second-order valence-electron chi connectivity index (χ2n) is 7.61. The third-order valence-corrected chi connectivity index (χ3v) is 6.52. The fraction of sp³-hybridized carbons (Fsp3) is 0.154. The predicted octanol–water partition coefficient (Wildman–Crippen LogP) is 5.97. The number of hydrogen-bond donors (Lipinski definition) is 0. The van der Waals surface area contributed by atoms with E-state index >= 15 is 0 Å². The third kappa shape index (κ3) is 6.06. The Bertz CT molecular complexity index is 1290. The van der Waals surface area contributed by atoms with E-state index in [9.17, 15) is 14.9 Å². The van der Waals surface area contributed by atoms with Crippen molar-refractivity contribution in [3.8, 4) is 11.5 Å². The average molecular weight is 507 g/mol. The summed E-state index contributed by atoms with van der Waals surface area (Å²) in [5.41, 5.74) is 2.47. The molecule has 35 heavy (non-hydrogen) atoms. The van der Waals surface area contributed by atoms with E-state index in [4.69, 9.17) is 21.7 Å². The Labute approximate surface area is 212 Å². The molecule has 178 valence electrons. The van der Waals surface area contributed by atoms with Gasteiger partial charge in [0.25, 0.3) is 11.6 Å². The van der Waals surface area contributed by atoms with Crippen LogP contribution in [0.25, 0.3) is 6.08 Å². The molecule has 0 aromatic heterocycles. The lowest BCUT2D eigenvalue weighted by Gasteiger charge is -2.14. The second kappa shape index (κ2) is 11.2. The van der Waals surface area contributed by atoms with Gasteiger partial charge in [-0.05, 0) is 41.8 Å². The van der Waals surface area contributed by atoms with Gasteiger partial charge in [-0.3, -0.25) is 19.8 Å². The number of amides is 1. The quantitative estimate of drug-likeness (QED) is 0.153. The summed E-state index contributed by atoms with van der Waals surface area (Å²) in [7, 11) is 0. The molecule has 0 unspecified atom stereocenters. The molecule has 3 aromatic rings. The topological polar surface area (TPSA) is 81.9 Å². The maximum absolute atomic E-state index is 13.0. The lowest BCUT2D eigenvalue weighted by molar-refractivity contribution is -0.384. The van der Waals surface area contributed by atoms with Crippen molar-refractivity contribution in [1.29, 1.82) is 0 Å². The van der Waals surface area contributed by atoms with Gasteiger partial charge in [-0.2, -0.15) is 0 Å². The summed E-state index contributed by atoms with van der Waals surface area (Å²) in [6.45, 7) is 2.87. The number of carbonyl (C=O) groups excluding carboxylic acids is 1. The Kier molecular flexibility index (Phi) is 7.79. The number of nitrogens with zero attached hydrogens (tertiary/aromatic N) is 2. The molecule has 1 aliphatic heterocycles. The van der Waals surface area contributed by atoms with Crippen LogP contribution in [0.1, 0.15) is 23.6 Å². The molecule has 1 aliphatic rings. The maximum Gasteiger partial charge on any atom is 0.269 e. The summed E-state index contributed by atoms with van der Waals surface area (Å²) in [6.07, 6.45) is 1.79. The molecule has 7 nitrogen and oxygen atoms in total. The van der Waals surface area contributed by atoms with Crippen molar-refractivity contribution in [1.82, 2.24) is 4.90 Å². The molecule has 0 bridgehead atoms. The van der Waals surface area contributed by atoms with Crippen LogP contribution in [0.4, 0.5) is 5.69 Å². The number of nitro benzene ring substituents is 1. The summed E-state index contributed by atoms with van der Waals surface area (Å²) < 4.78 is 12.2. The SMILES string of the molecule is CCOc1cc(/C=C2\SC(=S)N(Cc3ccccc3)C2=O)ccc1OCc1cccc([N+](=O)[O-])c1. The molecule has 3 aromatic carbocycles. The van der Waals surface area contributed by atoms with Gasteiger partial charge in [0.15, 0.2) is 11.5 Å². The van der Waals surface area contributed by atoms with Gasteiger partial charge in [0.2, 0.25) is 0 Å². The molecule has 9 heteroatoms. The number of thioether (sulfide) groups is 1. The van der Waals surface area contributed by atoms with E-state index in [-0.39, 0.29) is 18.2 Å². The Morgan fingerprint density at radius 1 is 1.00 bits per heavy atom. The summed E-state index contributed by atoms with van der Waals surface area (Å²) >= 11 is 6.72. The maximum atomic E-state index is 13.0. The van der Waals surface area contributed by atoms with E-state index < -0.39 is 4.92 Å². The molecule has 4 rings (SSSR count). The molecule has 0 N–H and O–H groups in total. The van der Waals surface area contributed by atoms with Crippen LogP contribution in [-0.2, 0) is 17.9 Å². The fourth-order valence-corrected chi connectivity index (χ4v) is 4.73. The van der Waals surface area contributed by atoms with E-state index in [1.54, 1.807) is 35.2 Å². The minimum Gasteiger partial charge on any atom is -0.490 e. The number of ether oxygens (including phenoxy) is 2. The number of thiocarbonyl (C=S) groups is 1. The first-order valence-corrected chi connectivity index (χ1v) is 12.1. The van der Waals surface area contributed by atoms with Crippen LogP contribution >= 0.6 is 24.0 Å². The number of hydrogen-bond acceptors (Lipinski definition) is 7. The standard InChI is InChI=1S/C26H22N2O5S2/c1-2-32-23-14-19(11-12-22(23)33-17-20-9-6-10-21(13-20)28(30)31)15-24-25(29)27(26(34)35-24)16-18-7-4-3-5-8-18/h3-15H,2,16-17H2,1H3/b24-15-. The Hall–Kier alpha value is -3.69. The van der Waals surface area contributed by atoms with Crippen LogP contribution in [0.5, 0.6) is 11.5 Å². The van der Waals surface area contributed by atoms with Crippen LogP contribution in [0.3, 0.4) is 0 Å². The van der Waals surface area contributed by atoms with Crippen LogP contribution in [0.15, 0.2) is 77.7 Å². The second-order valence-corrected chi connectivity index (χ2v) is 9.28. The molecule has 1 heterocycles. The molecule has 0 spiro atoms. The van der Waals surface area contributed by atoms with E-state index in [0.29, 0.717) is 39.4 Å². The smallest absolute Gasteiger partial charge is 0.269 e. The van der Waals surface area contributed by atoms with Gasteiger partial charge in [0.1, 0.15) is 10.9 Å². The first-order chi connectivity index (χ1) is 16.9. The van der Waals surface area contributed by atoms with Crippen LogP contribution < -0.4 is 9.47 Å². The van der Waals surface area contributed by atoms with Crippen molar-refractivity contribution < 1.29 is 19.2 Å². The number of nitro groups is 1. The van der Waals surface area contributed by atoms with Crippen LogP contribution in [0, 0.1) is 10.1 Å². The van der Waals surface area contributed by atoms with Gasteiger partial charge in [0.05, 0.1) is 23.0 Å². The summed E-state index contributed by atoms with van der Waals surface area (Å²) in [6, 6.07) is 21.4. The van der Waals surface area contributed by atoms with Crippen LogP contribution in [-0.4, -0.2) is 26.7 Å². The number of carbonyl (C=O) groups is 1. The highest BCUT2D eigenvalue weighted by Crippen LogP contribution is 2.36. The minimum absolute atomic E-state index is 0.0102. The summed E-state index contributed by atoms with van der Waals surface area (Å²) in [4.78, 5) is 25.7. The fourth-order valence-electron chi connectivity index (χ4n) is 3.48. The van der Waals surface area contributed by atoms with Crippen molar-refractivity contribution in [2.45, 2.75) is 20.1 Å². The van der Waals surface area contributed by atoms with Gasteiger partial charge in [-0.1, -0.05) is 72.5 Å². The number of rotatable bonds is 9. The number of benzene rings is 3. The predicted molar refractivity (Wildman–Crippen MR) is 140 cm³/mol. The Balaban J connectivity index is 1.50. The molecular weight excluding hydrogens is 484 g/mol. The van der Waals surface area contributed by atoms with Crippen molar-refractivity contribution in [3.63, 3.8) is 0 Å². The zero-order valence-corrected chi connectivity index (χ0v) is 20.5. The van der Waals surface area contributed by atoms with Crippen molar-refractivity contribution >= 4 is 46.0 Å². The molecule has 1 amide bonds. The molecule has 1 fully saturated rings. The summed E-state index contributed by atoms with van der Waals surface area (Å²) in [5.74, 6) is 0.895. The average Bonchev–Trinajstić information content (AvgIpc) is 3.12. The lowest BCUT2D eigenvalue weighted by atomic mass is 10.1. The van der Waals surface area contributed by atoms with Crippen molar-refractivity contribution in [3.05, 3.63) is 105 Å². The molecule has 0 saturated carbocycles. The highest BCUT2D eigenvalue weighted by Gasteiger charge is 2.32. The Morgan fingerprint density at radius 3 is 2.51 bits per heavy atom. The first-order valence-electron chi connectivity index (χ1n) is 10.9.